The van der Waals surface area contributed by atoms with E-state index in [0.717, 1.165) is 11.1 Å². The average molecular weight is 387 g/mol. The van der Waals surface area contributed by atoms with Crippen LogP contribution in [0.25, 0.3) is 0 Å². The second-order valence-electron chi connectivity index (χ2n) is 6.69. The van der Waals surface area contributed by atoms with E-state index in [1.807, 2.05) is 78.9 Å². The Hall–Kier alpha value is -3.64. The molecule has 29 heavy (non-hydrogen) atoms. The zero-order chi connectivity index (χ0) is 20.1. The van der Waals surface area contributed by atoms with E-state index in [1.54, 1.807) is 12.1 Å². The lowest BCUT2D eigenvalue weighted by Gasteiger charge is -2.29. The smallest absolute Gasteiger partial charge is 0.308 e. The molecular formula is C23H21N3O3. The van der Waals surface area contributed by atoms with Gasteiger partial charge in [-0.15, -0.1) is 0 Å². The minimum absolute atomic E-state index is 0.0625. The van der Waals surface area contributed by atoms with Crippen LogP contribution in [0.4, 0.5) is 10.5 Å². The molecule has 4 rings (SSSR count). The van der Waals surface area contributed by atoms with Crippen LogP contribution in [0.1, 0.15) is 17.3 Å². The topological polar surface area (TPSA) is 61.9 Å². The lowest BCUT2D eigenvalue weighted by Crippen LogP contribution is -2.38. The van der Waals surface area contributed by atoms with Crippen LogP contribution >= 0.6 is 0 Å². The highest BCUT2D eigenvalue weighted by molar-refractivity contribution is 5.94. The van der Waals surface area contributed by atoms with E-state index in [0.29, 0.717) is 5.69 Å². The molecule has 1 saturated heterocycles. The molecule has 0 radical (unpaired) electrons. The normalized spacial score (nSPS) is 16.1. The summed E-state index contributed by atoms with van der Waals surface area (Å²) in [6, 6.07) is 27.8. The van der Waals surface area contributed by atoms with Crippen molar-refractivity contribution in [1.29, 1.82) is 0 Å². The van der Waals surface area contributed by atoms with Gasteiger partial charge in [-0.2, -0.15) is 5.06 Å². The van der Waals surface area contributed by atoms with Crippen molar-refractivity contribution in [3.05, 3.63) is 102 Å². The SMILES string of the molecule is O=C(Nc1ccccc1)N1CC(=O)N(OCc2ccccc2)[C@@H]1c1ccccc1. The number of hydroxylamine groups is 2. The van der Waals surface area contributed by atoms with Crippen molar-refractivity contribution in [2.24, 2.45) is 0 Å². The van der Waals surface area contributed by atoms with Crippen LogP contribution < -0.4 is 5.32 Å². The van der Waals surface area contributed by atoms with Crippen LogP contribution in [0.3, 0.4) is 0 Å². The lowest BCUT2D eigenvalue weighted by atomic mass is 10.1. The van der Waals surface area contributed by atoms with Crippen LogP contribution in [-0.2, 0) is 16.2 Å². The van der Waals surface area contributed by atoms with Gasteiger partial charge < -0.3 is 5.32 Å². The number of nitrogens with one attached hydrogen (secondary N) is 1. The Bertz CT molecular complexity index is 964. The Kier molecular flexibility index (Phi) is 5.54. The highest BCUT2D eigenvalue weighted by atomic mass is 16.7. The predicted octanol–water partition coefficient (Wildman–Crippen LogP) is 4.19. The first-order chi connectivity index (χ1) is 14.2. The molecular weight excluding hydrogens is 366 g/mol. The Morgan fingerprint density at radius 2 is 1.48 bits per heavy atom. The Balaban J connectivity index is 1.57. The van der Waals surface area contributed by atoms with Gasteiger partial charge in [-0.3, -0.25) is 14.5 Å². The lowest BCUT2D eigenvalue weighted by molar-refractivity contribution is -0.201. The van der Waals surface area contributed by atoms with E-state index in [4.69, 9.17) is 4.84 Å². The molecule has 0 unspecified atom stereocenters. The van der Waals surface area contributed by atoms with Crippen LogP contribution in [0.2, 0.25) is 0 Å². The summed E-state index contributed by atoms with van der Waals surface area (Å²) in [6.07, 6.45) is -0.642. The summed E-state index contributed by atoms with van der Waals surface area (Å²) in [6.45, 7) is 0.178. The van der Waals surface area contributed by atoms with Gasteiger partial charge in [0.1, 0.15) is 13.2 Å². The van der Waals surface area contributed by atoms with E-state index in [2.05, 4.69) is 5.32 Å². The summed E-state index contributed by atoms with van der Waals surface area (Å²) in [5.41, 5.74) is 2.41. The predicted molar refractivity (Wildman–Crippen MR) is 109 cm³/mol. The average Bonchev–Trinajstić information content (AvgIpc) is 3.10. The van der Waals surface area contributed by atoms with E-state index < -0.39 is 6.17 Å². The van der Waals surface area contributed by atoms with Crippen molar-refractivity contribution in [2.75, 3.05) is 11.9 Å². The molecule has 3 amide bonds. The van der Waals surface area contributed by atoms with Gasteiger partial charge in [-0.05, 0) is 23.3 Å². The first kappa shape index (κ1) is 18.7. The van der Waals surface area contributed by atoms with Crippen LogP contribution in [0.15, 0.2) is 91.0 Å². The number of rotatable bonds is 5. The number of amides is 3. The van der Waals surface area contributed by atoms with Gasteiger partial charge >= 0.3 is 6.03 Å². The van der Waals surface area contributed by atoms with E-state index in [9.17, 15) is 9.59 Å². The molecule has 1 heterocycles. The minimum Gasteiger partial charge on any atom is -0.308 e. The monoisotopic (exact) mass is 387 g/mol. The molecule has 3 aromatic carbocycles. The number of benzene rings is 3. The molecule has 6 heteroatoms. The highest BCUT2D eigenvalue weighted by Crippen LogP contribution is 2.32. The quantitative estimate of drug-likeness (QED) is 0.714. The van der Waals surface area contributed by atoms with Gasteiger partial charge in [0, 0.05) is 5.69 Å². The molecule has 0 aliphatic carbocycles. The van der Waals surface area contributed by atoms with Crippen molar-refractivity contribution in [1.82, 2.24) is 9.96 Å². The molecule has 0 aromatic heterocycles. The van der Waals surface area contributed by atoms with Crippen molar-refractivity contribution >= 4 is 17.6 Å². The second-order valence-corrected chi connectivity index (χ2v) is 6.69. The molecule has 1 aliphatic heterocycles. The van der Waals surface area contributed by atoms with Crippen molar-refractivity contribution in [2.45, 2.75) is 12.8 Å². The number of carbonyl (C=O) groups is 2. The third kappa shape index (κ3) is 4.28. The highest BCUT2D eigenvalue weighted by Gasteiger charge is 2.42. The number of hydrogen-bond acceptors (Lipinski definition) is 3. The van der Waals surface area contributed by atoms with Gasteiger partial charge in [0.2, 0.25) is 0 Å². The largest absolute Gasteiger partial charge is 0.324 e. The minimum atomic E-state index is -0.642. The Labute approximate surface area is 169 Å². The van der Waals surface area contributed by atoms with Crippen molar-refractivity contribution in [3.8, 4) is 0 Å². The summed E-state index contributed by atoms with van der Waals surface area (Å²) < 4.78 is 0. The molecule has 0 saturated carbocycles. The van der Waals surface area contributed by atoms with Gasteiger partial charge in [0.15, 0.2) is 6.17 Å². The standard InChI is InChI=1S/C23H21N3O3/c27-21-16-25(23(28)24-20-14-8-3-9-15-20)22(19-12-6-2-7-13-19)26(21)29-17-18-10-4-1-5-11-18/h1-15,22H,16-17H2,(H,24,28)/t22-/m1/s1. The number of hydrogen-bond donors (Lipinski definition) is 1. The van der Waals surface area contributed by atoms with E-state index in [-0.39, 0.29) is 25.1 Å². The van der Waals surface area contributed by atoms with Gasteiger partial charge in [-0.1, -0.05) is 78.9 Å². The third-order valence-corrected chi connectivity index (χ3v) is 4.67. The van der Waals surface area contributed by atoms with Crippen molar-refractivity contribution < 1.29 is 14.4 Å². The molecule has 0 bridgehead atoms. The van der Waals surface area contributed by atoms with Gasteiger partial charge in [0.25, 0.3) is 5.91 Å². The number of urea groups is 1. The number of carbonyl (C=O) groups excluding carboxylic acids is 2. The summed E-state index contributed by atoms with van der Waals surface area (Å²) in [5, 5.41) is 4.15. The maximum Gasteiger partial charge on any atom is 0.324 e. The van der Waals surface area contributed by atoms with E-state index in [1.165, 1.54) is 9.96 Å². The molecule has 3 aromatic rings. The number of anilines is 1. The van der Waals surface area contributed by atoms with Gasteiger partial charge in [0.05, 0.1) is 0 Å². The number of nitrogens with zero attached hydrogens (tertiary/aromatic N) is 2. The molecule has 146 valence electrons. The zero-order valence-electron chi connectivity index (χ0n) is 15.8. The fourth-order valence-electron chi connectivity index (χ4n) is 3.27. The Morgan fingerprint density at radius 1 is 0.897 bits per heavy atom. The Morgan fingerprint density at radius 3 is 2.14 bits per heavy atom. The fourth-order valence-corrected chi connectivity index (χ4v) is 3.27. The molecule has 1 atom stereocenters. The maximum absolute atomic E-state index is 12.9. The molecule has 1 fully saturated rings. The van der Waals surface area contributed by atoms with Crippen LogP contribution in [0.5, 0.6) is 0 Å². The maximum atomic E-state index is 12.9. The van der Waals surface area contributed by atoms with Crippen molar-refractivity contribution in [3.63, 3.8) is 0 Å². The molecule has 0 spiro atoms. The summed E-state index contributed by atoms with van der Waals surface area (Å²) in [5.74, 6) is -0.266. The van der Waals surface area contributed by atoms with Crippen LogP contribution in [0, 0.1) is 0 Å². The molecule has 1 aliphatic rings. The second kappa shape index (κ2) is 8.58. The first-order valence-electron chi connectivity index (χ1n) is 9.39. The summed E-state index contributed by atoms with van der Waals surface area (Å²) >= 11 is 0. The molecule has 1 N–H and O–H groups in total. The molecule has 6 nitrogen and oxygen atoms in total. The summed E-state index contributed by atoms with van der Waals surface area (Å²) in [4.78, 5) is 33.0. The van der Waals surface area contributed by atoms with Crippen LogP contribution in [-0.4, -0.2) is 28.4 Å². The summed E-state index contributed by atoms with van der Waals surface area (Å²) in [7, 11) is 0. The van der Waals surface area contributed by atoms with Gasteiger partial charge in [-0.25, -0.2) is 4.79 Å². The first-order valence-corrected chi connectivity index (χ1v) is 9.39. The number of para-hydroxylation sites is 1. The third-order valence-electron chi connectivity index (χ3n) is 4.67. The fraction of sp³-hybridized carbons (Fsp3) is 0.130. The zero-order valence-corrected chi connectivity index (χ0v) is 15.8. The van der Waals surface area contributed by atoms with E-state index >= 15 is 0 Å².